The zero-order valence-electron chi connectivity index (χ0n) is 8.44. The third-order valence-corrected chi connectivity index (χ3v) is 3.69. The number of benzene rings is 1. The van der Waals surface area contributed by atoms with Gasteiger partial charge in [-0.05, 0) is 47.3 Å². The Morgan fingerprint density at radius 2 is 2.12 bits per heavy atom. The van der Waals surface area contributed by atoms with Crippen LogP contribution in [0.15, 0.2) is 21.4 Å². The van der Waals surface area contributed by atoms with E-state index in [-0.39, 0.29) is 11.2 Å². The number of H-pyrrole nitrogens is 1. The number of pyridine rings is 1. The summed E-state index contributed by atoms with van der Waals surface area (Å²) < 4.78 is 13.7. The molecule has 4 heteroatoms. The summed E-state index contributed by atoms with van der Waals surface area (Å²) in [5.41, 5.74) is 2.47. The van der Waals surface area contributed by atoms with Crippen molar-refractivity contribution < 1.29 is 4.39 Å². The van der Waals surface area contributed by atoms with E-state index in [1.807, 2.05) is 0 Å². The zero-order valence-corrected chi connectivity index (χ0v) is 10.0. The highest BCUT2D eigenvalue weighted by Gasteiger charge is 2.17. The van der Waals surface area contributed by atoms with Gasteiger partial charge in [0.15, 0.2) is 5.43 Å². The van der Waals surface area contributed by atoms with Crippen molar-refractivity contribution in [1.82, 2.24) is 4.98 Å². The Bertz CT molecular complexity index is 647. The SMILES string of the molecule is O=c1c2c([nH]c3cc(F)c(Br)cc13)CCC2. The van der Waals surface area contributed by atoms with Crippen LogP contribution < -0.4 is 5.43 Å². The van der Waals surface area contributed by atoms with Crippen molar-refractivity contribution in [1.29, 1.82) is 0 Å². The van der Waals surface area contributed by atoms with Crippen LogP contribution in [0.3, 0.4) is 0 Å². The van der Waals surface area contributed by atoms with Crippen LogP contribution in [-0.4, -0.2) is 4.98 Å². The summed E-state index contributed by atoms with van der Waals surface area (Å²) in [7, 11) is 0. The lowest BCUT2D eigenvalue weighted by Gasteiger charge is -2.04. The quantitative estimate of drug-likeness (QED) is 0.791. The van der Waals surface area contributed by atoms with Gasteiger partial charge in [0.1, 0.15) is 5.82 Å². The predicted molar refractivity (Wildman–Crippen MR) is 64.3 cm³/mol. The second kappa shape index (κ2) is 3.42. The van der Waals surface area contributed by atoms with Crippen molar-refractivity contribution >= 4 is 26.8 Å². The molecule has 1 aromatic carbocycles. The summed E-state index contributed by atoms with van der Waals surface area (Å²) in [5.74, 6) is -0.346. The lowest BCUT2D eigenvalue weighted by Crippen LogP contribution is -2.10. The zero-order chi connectivity index (χ0) is 11.3. The Hall–Kier alpha value is -1.16. The van der Waals surface area contributed by atoms with E-state index in [1.165, 1.54) is 6.07 Å². The van der Waals surface area contributed by atoms with E-state index in [2.05, 4.69) is 20.9 Å². The number of hydrogen-bond donors (Lipinski definition) is 1. The third-order valence-electron chi connectivity index (χ3n) is 3.08. The average Bonchev–Trinajstić information content (AvgIpc) is 2.70. The van der Waals surface area contributed by atoms with Crippen molar-refractivity contribution in [2.75, 3.05) is 0 Å². The smallest absolute Gasteiger partial charge is 0.192 e. The van der Waals surface area contributed by atoms with Crippen LogP contribution in [0.25, 0.3) is 10.9 Å². The maximum Gasteiger partial charge on any atom is 0.192 e. The summed E-state index contributed by atoms with van der Waals surface area (Å²) in [5, 5.41) is 0.564. The summed E-state index contributed by atoms with van der Waals surface area (Å²) in [4.78, 5) is 15.3. The van der Waals surface area contributed by atoms with Gasteiger partial charge in [-0.3, -0.25) is 4.79 Å². The molecule has 1 aliphatic rings. The van der Waals surface area contributed by atoms with E-state index in [0.717, 1.165) is 30.5 Å². The molecule has 2 nitrogen and oxygen atoms in total. The molecule has 0 saturated heterocycles. The van der Waals surface area contributed by atoms with E-state index >= 15 is 0 Å². The molecule has 2 aromatic rings. The summed E-state index contributed by atoms with van der Waals surface area (Å²) >= 11 is 3.10. The molecule has 1 N–H and O–H groups in total. The highest BCUT2D eigenvalue weighted by atomic mass is 79.9. The van der Waals surface area contributed by atoms with Gasteiger partial charge in [0.25, 0.3) is 0 Å². The highest BCUT2D eigenvalue weighted by molar-refractivity contribution is 9.10. The van der Waals surface area contributed by atoms with Crippen LogP contribution in [0.4, 0.5) is 4.39 Å². The molecule has 0 radical (unpaired) electrons. The molecule has 0 aliphatic heterocycles. The van der Waals surface area contributed by atoms with Crippen molar-refractivity contribution in [3.05, 3.63) is 43.9 Å². The van der Waals surface area contributed by atoms with E-state index in [0.29, 0.717) is 15.4 Å². The minimum absolute atomic E-state index is 0.0435. The molecule has 0 atom stereocenters. The van der Waals surface area contributed by atoms with Gasteiger partial charge >= 0.3 is 0 Å². The normalized spacial score (nSPS) is 14.4. The number of hydrogen-bond acceptors (Lipinski definition) is 1. The third kappa shape index (κ3) is 1.33. The Kier molecular flexibility index (Phi) is 2.14. The molecule has 1 aliphatic carbocycles. The van der Waals surface area contributed by atoms with E-state index < -0.39 is 0 Å². The van der Waals surface area contributed by atoms with Gasteiger partial charge in [-0.1, -0.05) is 0 Å². The first kappa shape index (κ1) is 10.0. The Morgan fingerprint density at radius 1 is 1.31 bits per heavy atom. The van der Waals surface area contributed by atoms with Gasteiger partial charge in [0, 0.05) is 16.6 Å². The first-order chi connectivity index (χ1) is 7.66. The molecule has 0 fully saturated rings. The van der Waals surface area contributed by atoms with Crippen LogP contribution in [0, 0.1) is 5.82 Å². The van der Waals surface area contributed by atoms with Crippen LogP contribution in [0.5, 0.6) is 0 Å². The molecule has 16 heavy (non-hydrogen) atoms. The molecule has 3 rings (SSSR count). The molecule has 0 unspecified atom stereocenters. The molecular formula is C12H9BrFNO. The maximum absolute atomic E-state index is 13.4. The lowest BCUT2D eigenvalue weighted by atomic mass is 10.1. The fraction of sp³-hybridized carbons (Fsp3) is 0.250. The van der Waals surface area contributed by atoms with Crippen LogP contribution in [-0.2, 0) is 12.8 Å². The van der Waals surface area contributed by atoms with E-state index in [1.54, 1.807) is 6.07 Å². The molecular weight excluding hydrogens is 273 g/mol. The van der Waals surface area contributed by atoms with Gasteiger partial charge in [0.05, 0.1) is 9.99 Å². The van der Waals surface area contributed by atoms with Gasteiger partial charge < -0.3 is 4.98 Å². The van der Waals surface area contributed by atoms with Gasteiger partial charge in [-0.2, -0.15) is 0 Å². The monoisotopic (exact) mass is 281 g/mol. The Morgan fingerprint density at radius 3 is 2.94 bits per heavy atom. The molecule has 0 bridgehead atoms. The van der Waals surface area contributed by atoms with Crippen LogP contribution in [0.2, 0.25) is 0 Å². The summed E-state index contributed by atoms with van der Waals surface area (Å²) in [6.45, 7) is 0. The number of halogens is 2. The molecule has 1 aromatic heterocycles. The van der Waals surface area contributed by atoms with E-state index in [4.69, 9.17) is 0 Å². The number of aryl methyl sites for hydroxylation is 1. The second-order valence-electron chi connectivity index (χ2n) is 4.08. The lowest BCUT2D eigenvalue weighted by molar-refractivity contribution is 0.622. The number of fused-ring (bicyclic) bond motifs is 2. The highest BCUT2D eigenvalue weighted by Crippen LogP contribution is 2.24. The Balaban J connectivity index is 2.46. The van der Waals surface area contributed by atoms with Crippen LogP contribution in [0.1, 0.15) is 17.7 Å². The second-order valence-corrected chi connectivity index (χ2v) is 4.93. The standard InChI is InChI=1S/C12H9BrFNO/c13-8-4-7-11(5-9(8)14)15-10-3-1-2-6(10)12(7)16/h4-5H,1-3H2,(H,15,16). The summed E-state index contributed by atoms with van der Waals surface area (Å²) in [6.07, 6.45) is 2.72. The minimum atomic E-state index is -0.346. The van der Waals surface area contributed by atoms with Crippen molar-refractivity contribution in [2.24, 2.45) is 0 Å². The van der Waals surface area contributed by atoms with Crippen molar-refractivity contribution in [3.63, 3.8) is 0 Å². The maximum atomic E-state index is 13.4. The van der Waals surface area contributed by atoms with E-state index in [9.17, 15) is 9.18 Å². The topological polar surface area (TPSA) is 32.9 Å². The molecule has 1 heterocycles. The van der Waals surface area contributed by atoms with Gasteiger partial charge in [-0.25, -0.2) is 4.39 Å². The van der Waals surface area contributed by atoms with Crippen LogP contribution >= 0.6 is 15.9 Å². The fourth-order valence-electron chi connectivity index (χ4n) is 2.30. The van der Waals surface area contributed by atoms with Gasteiger partial charge in [-0.15, -0.1) is 0 Å². The number of aromatic amines is 1. The summed E-state index contributed by atoms with van der Waals surface area (Å²) in [6, 6.07) is 2.93. The average molecular weight is 282 g/mol. The van der Waals surface area contributed by atoms with Gasteiger partial charge in [0.2, 0.25) is 0 Å². The first-order valence-corrected chi connectivity index (χ1v) is 5.99. The fourth-order valence-corrected chi connectivity index (χ4v) is 2.64. The molecule has 0 amide bonds. The minimum Gasteiger partial charge on any atom is -0.358 e. The first-order valence-electron chi connectivity index (χ1n) is 5.19. The molecule has 0 saturated carbocycles. The van der Waals surface area contributed by atoms with Crippen molar-refractivity contribution in [3.8, 4) is 0 Å². The Labute approximate surface area is 99.6 Å². The largest absolute Gasteiger partial charge is 0.358 e. The number of rotatable bonds is 0. The number of nitrogens with one attached hydrogen (secondary N) is 1. The molecule has 82 valence electrons. The predicted octanol–water partition coefficient (Wildman–Crippen LogP) is 2.92. The molecule has 0 spiro atoms. The number of aromatic nitrogens is 1. The van der Waals surface area contributed by atoms with Crippen molar-refractivity contribution in [2.45, 2.75) is 19.3 Å².